The second-order valence-corrected chi connectivity index (χ2v) is 14.1. The number of carbonyl (C=O) groups excluding carboxylic acids is 2. The average molecular weight is 675 g/mol. The van der Waals surface area contributed by atoms with E-state index in [1.807, 2.05) is 0 Å². The molecule has 0 aromatic rings. The Labute approximate surface area is 282 Å². The fraction of sp³-hybridized carbons (Fsp3) is 0.892. The van der Waals surface area contributed by atoms with Crippen LogP contribution >= 0.6 is 7.82 Å². The van der Waals surface area contributed by atoms with E-state index in [4.69, 9.17) is 19.3 Å². The molecule has 0 fully saturated rings. The Balaban J connectivity index is 3.92. The standard InChI is InChI=1S/C37H71O8P/c1-3-5-7-9-11-13-15-17-18-19-20-22-23-25-27-29-31-36(38)43-33-35(34-44-46(40,41)42)45-37(39)32-30-28-26-24-21-16-14-12-10-8-6-4-2/h12,14,35H,3-11,13,15-34H2,1-2H3,(H2,40,41,42)/b14-12-. The quantitative estimate of drug-likeness (QED) is 0.0295. The molecular formula is C37H71O8P. The summed E-state index contributed by atoms with van der Waals surface area (Å²) in [6.45, 7) is 3.65. The Morgan fingerprint density at radius 1 is 0.543 bits per heavy atom. The van der Waals surface area contributed by atoms with Gasteiger partial charge in [0.25, 0.3) is 0 Å². The summed E-state index contributed by atoms with van der Waals surface area (Å²) in [4.78, 5) is 42.6. The minimum Gasteiger partial charge on any atom is -0.462 e. The van der Waals surface area contributed by atoms with Crippen molar-refractivity contribution in [2.24, 2.45) is 0 Å². The third-order valence-corrected chi connectivity index (χ3v) is 8.77. The van der Waals surface area contributed by atoms with Crippen molar-refractivity contribution in [2.45, 2.75) is 200 Å². The van der Waals surface area contributed by atoms with E-state index in [2.05, 4.69) is 30.5 Å². The molecule has 0 saturated carbocycles. The highest BCUT2D eigenvalue weighted by atomic mass is 31.2. The summed E-state index contributed by atoms with van der Waals surface area (Å²) in [5.74, 6) is -0.887. The molecule has 9 heteroatoms. The van der Waals surface area contributed by atoms with Crippen LogP contribution in [0.3, 0.4) is 0 Å². The molecular weight excluding hydrogens is 603 g/mol. The largest absolute Gasteiger partial charge is 0.469 e. The van der Waals surface area contributed by atoms with E-state index in [0.717, 1.165) is 57.8 Å². The molecule has 0 aliphatic rings. The van der Waals surface area contributed by atoms with Crippen molar-refractivity contribution in [3.8, 4) is 0 Å². The van der Waals surface area contributed by atoms with Crippen molar-refractivity contribution in [2.75, 3.05) is 13.2 Å². The first-order chi connectivity index (χ1) is 22.3. The summed E-state index contributed by atoms with van der Waals surface area (Å²) in [6, 6.07) is 0. The maximum Gasteiger partial charge on any atom is 0.469 e. The number of rotatable bonds is 35. The van der Waals surface area contributed by atoms with Gasteiger partial charge in [-0.05, 0) is 38.5 Å². The first-order valence-electron chi connectivity index (χ1n) is 19.0. The van der Waals surface area contributed by atoms with Crippen molar-refractivity contribution in [1.29, 1.82) is 0 Å². The lowest BCUT2D eigenvalue weighted by Gasteiger charge is -2.18. The van der Waals surface area contributed by atoms with Crippen molar-refractivity contribution in [3.05, 3.63) is 12.2 Å². The van der Waals surface area contributed by atoms with Gasteiger partial charge in [0.1, 0.15) is 6.61 Å². The Morgan fingerprint density at radius 2 is 0.913 bits per heavy atom. The number of carbonyl (C=O) groups is 2. The van der Waals surface area contributed by atoms with Gasteiger partial charge < -0.3 is 19.3 Å². The number of phosphoric ester groups is 1. The first-order valence-corrected chi connectivity index (χ1v) is 20.5. The van der Waals surface area contributed by atoms with Crippen molar-refractivity contribution >= 4 is 19.8 Å². The van der Waals surface area contributed by atoms with E-state index in [-0.39, 0.29) is 19.4 Å². The third kappa shape index (κ3) is 35.6. The van der Waals surface area contributed by atoms with Crippen LogP contribution in [0.25, 0.3) is 0 Å². The van der Waals surface area contributed by atoms with E-state index in [0.29, 0.717) is 6.42 Å². The summed E-state index contributed by atoms with van der Waals surface area (Å²) >= 11 is 0. The molecule has 46 heavy (non-hydrogen) atoms. The van der Waals surface area contributed by atoms with Gasteiger partial charge >= 0.3 is 19.8 Å². The average Bonchev–Trinajstić information content (AvgIpc) is 3.02. The molecule has 0 rings (SSSR count). The summed E-state index contributed by atoms with van der Waals surface area (Å²) in [6.07, 6.45) is 35.0. The highest BCUT2D eigenvalue weighted by Gasteiger charge is 2.22. The normalized spacial score (nSPS) is 12.5. The molecule has 0 radical (unpaired) electrons. The predicted octanol–water partition coefficient (Wildman–Crippen LogP) is 11.1. The highest BCUT2D eigenvalue weighted by Crippen LogP contribution is 2.36. The second-order valence-electron chi connectivity index (χ2n) is 12.9. The number of allylic oxidation sites excluding steroid dienone is 2. The van der Waals surface area contributed by atoms with E-state index in [9.17, 15) is 14.2 Å². The van der Waals surface area contributed by atoms with Crippen molar-refractivity contribution in [1.82, 2.24) is 0 Å². The Kier molecular flexibility index (Phi) is 32.8. The maximum absolute atomic E-state index is 12.3. The van der Waals surface area contributed by atoms with E-state index in [1.54, 1.807) is 0 Å². The molecule has 0 aliphatic heterocycles. The summed E-state index contributed by atoms with van der Waals surface area (Å²) < 4.78 is 26.3. The number of esters is 2. The van der Waals surface area contributed by atoms with Gasteiger partial charge in [-0.15, -0.1) is 0 Å². The van der Waals surface area contributed by atoms with Gasteiger partial charge in [-0.3, -0.25) is 14.1 Å². The monoisotopic (exact) mass is 674 g/mol. The molecule has 0 saturated heterocycles. The smallest absolute Gasteiger partial charge is 0.462 e. The summed E-state index contributed by atoms with van der Waals surface area (Å²) in [7, 11) is -4.74. The van der Waals surface area contributed by atoms with Crippen LogP contribution in [0, 0.1) is 0 Å². The number of unbranched alkanes of at least 4 members (excludes halogenated alkanes) is 23. The maximum atomic E-state index is 12.3. The van der Waals surface area contributed by atoms with Gasteiger partial charge in [-0.1, -0.05) is 154 Å². The third-order valence-electron chi connectivity index (χ3n) is 8.28. The van der Waals surface area contributed by atoms with Gasteiger partial charge in [-0.2, -0.15) is 0 Å². The fourth-order valence-corrected chi connectivity index (χ4v) is 5.79. The zero-order valence-corrected chi connectivity index (χ0v) is 30.6. The highest BCUT2D eigenvalue weighted by molar-refractivity contribution is 7.46. The minimum atomic E-state index is -4.74. The Morgan fingerprint density at radius 3 is 1.37 bits per heavy atom. The lowest BCUT2D eigenvalue weighted by molar-refractivity contribution is -0.161. The Hall–Kier alpha value is -1.21. The van der Waals surface area contributed by atoms with Gasteiger partial charge in [0.15, 0.2) is 6.10 Å². The van der Waals surface area contributed by atoms with Crippen LogP contribution in [0.4, 0.5) is 0 Å². The van der Waals surface area contributed by atoms with E-state index >= 15 is 0 Å². The number of phosphoric acid groups is 1. The number of ether oxygens (including phenoxy) is 2. The lowest BCUT2D eigenvalue weighted by Crippen LogP contribution is -2.29. The van der Waals surface area contributed by atoms with Crippen LogP contribution in [0.2, 0.25) is 0 Å². The lowest BCUT2D eigenvalue weighted by atomic mass is 10.0. The molecule has 1 unspecified atom stereocenters. The molecule has 0 aromatic heterocycles. The van der Waals surface area contributed by atoms with Crippen LogP contribution in [0.5, 0.6) is 0 Å². The topological polar surface area (TPSA) is 119 Å². The zero-order valence-electron chi connectivity index (χ0n) is 29.7. The number of hydrogen-bond acceptors (Lipinski definition) is 6. The zero-order chi connectivity index (χ0) is 34.0. The molecule has 1 atom stereocenters. The molecule has 0 bridgehead atoms. The van der Waals surface area contributed by atoms with Crippen LogP contribution in [-0.4, -0.2) is 41.0 Å². The van der Waals surface area contributed by atoms with Crippen LogP contribution in [-0.2, 0) is 28.2 Å². The SMILES string of the molecule is CCCCC/C=C\CCCCCCCC(=O)OC(COC(=O)CCCCCCCCCCCCCCCCCC)COP(=O)(O)O. The van der Waals surface area contributed by atoms with Crippen LogP contribution in [0.15, 0.2) is 12.2 Å². The van der Waals surface area contributed by atoms with Gasteiger partial charge in [-0.25, -0.2) is 4.57 Å². The fourth-order valence-electron chi connectivity index (χ4n) is 5.43. The molecule has 0 aromatic carbocycles. The molecule has 2 N–H and O–H groups in total. The first kappa shape index (κ1) is 44.8. The van der Waals surface area contributed by atoms with Gasteiger partial charge in [0.05, 0.1) is 6.61 Å². The van der Waals surface area contributed by atoms with Gasteiger partial charge in [0.2, 0.25) is 0 Å². The second kappa shape index (κ2) is 33.7. The molecule has 8 nitrogen and oxygen atoms in total. The molecule has 0 amide bonds. The summed E-state index contributed by atoms with van der Waals surface area (Å²) in [5, 5.41) is 0. The molecule has 0 aliphatic carbocycles. The van der Waals surface area contributed by atoms with E-state index in [1.165, 1.54) is 103 Å². The summed E-state index contributed by atoms with van der Waals surface area (Å²) in [5.41, 5.74) is 0. The van der Waals surface area contributed by atoms with Crippen LogP contribution in [0.1, 0.15) is 194 Å². The van der Waals surface area contributed by atoms with Crippen LogP contribution < -0.4 is 0 Å². The molecule has 0 spiro atoms. The predicted molar refractivity (Wildman–Crippen MR) is 189 cm³/mol. The number of hydrogen-bond donors (Lipinski definition) is 2. The minimum absolute atomic E-state index is 0.205. The van der Waals surface area contributed by atoms with Crippen molar-refractivity contribution in [3.63, 3.8) is 0 Å². The molecule has 272 valence electrons. The van der Waals surface area contributed by atoms with Gasteiger partial charge in [0, 0.05) is 12.8 Å². The van der Waals surface area contributed by atoms with E-state index < -0.39 is 32.5 Å². The molecule has 0 heterocycles. The Bertz CT molecular complexity index is 766. The van der Waals surface area contributed by atoms with Crippen molar-refractivity contribution < 1.29 is 37.9 Å².